The highest BCUT2D eigenvalue weighted by molar-refractivity contribution is 7.21. The second-order valence-electron chi connectivity index (χ2n) is 12.7. The van der Waals surface area contributed by atoms with Crippen LogP contribution in [0.15, 0.2) is 72.8 Å². The number of pyridine rings is 1. The molecule has 3 aliphatic rings. The van der Waals surface area contributed by atoms with Crippen molar-refractivity contribution in [2.75, 3.05) is 31.7 Å². The Kier molecular flexibility index (Phi) is 9.05. The summed E-state index contributed by atoms with van der Waals surface area (Å²) in [7, 11) is 0. The lowest BCUT2D eigenvalue weighted by Crippen LogP contribution is -2.52. The first-order valence-electron chi connectivity index (χ1n) is 16.9. The van der Waals surface area contributed by atoms with Crippen LogP contribution in [-0.2, 0) is 20.9 Å². The molecule has 0 bridgehead atoms. The zero-order chi connectivity index (χ0) is 34.9. The normalized spacial score (nSPS) is 17.1. The molecule has 51 heavy (non-hydrogen) atoms. The average molecular weight is 708 g/mol. The maximum atomic E-state index is 14.7. The van der Waals surface area contributed by atoms with E-state index in [4.69, 9.17) is 19.2 Å². The fourth-order valence-corrected chi connectivity index (χ4v) is 7.26. The molecule has 3 amide bonds. The number of ether oxygens (including phenoxy) is 3. The number of piperidine rings is 1. The number of imide groups is 1. The summed E-state index contributed by atoms with van der Waals surface area (Å²) in [5.41, 5.74) is 4.36. The van der Waals surface area contributed by atoms with Gasteiger partial charge in [-0.25, -0.2) is 9.97 Å². The maximum Gasteiger partial charge on any atom is 0.255 e. The highest BCUT2D eigenvalue weighted by atomic mass is 32.1. The van der Waals surface area contributed by atoms with Gasteiger partial charge in [-0.05, 0) is 78.9 Å². The standard InChI is InChI=1S/C38H34FN5O6S/c39-35-28(10-13-33(42-35)40-25-5-6-25)22-1-3-23(4-2-22)37-41-30-11-8-27(20-32(30)51-37)50-18-16-48-15-17-49-26-7-9-29-24(19-26)21-44(38(29)47)31-12-14-34(45)43-36(31)46/h1-4,7-11,13,19-20,25,31H,5-6,12,14-18,21H2,(H,40,42)(H,43,45,46). The zero-order valence-electron chi connectivity index (χ0n) is 27.5. The van der Waals surface area contributed by atoms with Gasteiger partial charge in [0.05, 0.1) is 23.4 Å². The zero-order valence-corrected chi connectivity index (χ0v) is 28.3. The summed E-state index contributed by atoms with van der Waals surface area (Å²) in [6, 6.07) is 22.1. The number of hydrogen-bond donors (Lipinski definition) is 2. The van der Waals surface area contributed by atoms with Crippen molar-refractivity contribution in [2.45, 2.75) is 44.3 Å². The molecular weight excluding hydrogens is 674 g/mol. The molecule has 1 aliphatic carbocycles. The first-order chi connectivity index (χ1) is 24.9. The van der Waals surface area contributed by atoms with E-state index in [0.29, 0.717) is 68.1 Å². The third-order valence-corrected chi connectivity index (χ3v) is 10.1. The lowest BCUT2D eigenvalue weighted by Gasteiger charge is -2.29. The number of carbonyl (C=O) groups excluding carboxylic acids is 3. The monoisotopic (exact) mass is 707 g/mol. The predicted octanol–water partition coefficient (Wildman–Crippen LogP) is 5.97. The Hall–Kier alpha value is -5.40. The number of carbonyl (C=O) groups is 3. The van der Waals surface area contributed by atoms with Crippen LogP contribution in [0.4, 0.5) is 10.2 Å². The number of halogens is 1. The minimum absolute atomic E-state index is 0.215. The largest absolute Gasteiger partial charge is 0.491 e. The second kappa shape index (κ2) is 14.1. The number of anilines is 1. The highest BCUT2D eigenvalue weighted by Crippen LogP contribution is 2.35. The highest BCUT2D eigenvalue weighted by Gasteiger charge is 2.39. The van der Waals surface area contributed by atoms with Crippen LogP contribution in [0.2, 0.25) is 0 Å². The van der Waals surface area contributed by atoms with E-state index in [1.54, 1.807) is 29.5 Å². The lowest BCUT2D eigenvalue weighted by atomic mass is 10.0. The van der Waals surface area contributed by atoms with Crippen LogP contribution in [0.3, 0.4) is 0 Å². The molecule has 0 spiro atoms. The molecule has 11 nitrogen and oxygen atoms in total. The lowest BCUT2D eigenvalue weighted by molar-refractivity contribution is -0.136. The van der Waals surface area contributed by atoms with Crippen LogP contribution < -0.4 is 20.1 Å². The van der Waals surface area contributed by atoms with Crippen molar-refractivity contribution in [3.05, 3.63) is 89.9 Å². The molecule has 1 saturated carbocycles. The molecule has 1 saturated heterocycles. The molecule has 1 atom stereocenters. The average Bonchev–Trinajstić information content (AvgIpc) is 3.75. The van der Waals surface area contributed by atoms with Gasteiger partial charge in [-0.2, -0.15) is 4.39 Å². The van der Waals surface area contributed by atoms with Crippen LogP contribution >= 0.6 is 11.3 Å². The van der Waals surface area contributed by atoms with Gasteiger partial charge < -0.3 is 24.4 Å². The van der Waals surface area contributed by atoms with Crippen LogP contribution in [0.5, 0.6) is 11.5 Å². The minimum atomic E-state index is -0.650. The van der Waals surface area contributed by atoms with Gasteiger partial charge in [0, 0.05) is 35.7 Å². The van der Waals surface area contributed by atoms with Gasteiger partial charge in [0.2, 0.25) is 17.8 Å². The van der Waals surface area contributed by atoms with Crippen molar-refractivity contribution >= 4 is 45.1 Å². The van der Waals surface area contributed by atoms with E-state index < -0.39 is 17.9 Å². The summed E-state index contributed by atoms with van der Waals surface area (Å²) < 4.78 is 33.2. The maximum absolute atomic E-state index is 14.7. The first kappa shape index (κ1) is 32.8. The van der Waals surface area contributed by atoms with Gasteiger partial charge >= 0.3 is 0 Å². The van der Waals surface area contributed by atoms with Crippen molar-refractivity contribution in [1.29, 1.82) is 0 Å². The van der Waals surface area contributed by atoms with Crippen molar-refractivity contribution in [3.63, 3.8) is 0 Å². The predicted molar refractivity (Wildman–Crippen MR) is 189 cm³/mol. The van der Waals surface area contributed by atoms with Crippen LogP contribution in [0.25, 0.3) is 31.9 Å². The third kappa shape index (κ3) is 7.26. The van der Waals surface area contributed by atoms with Crippen molar-refractivity contribution < 1.29 is 33.0 Å². The number of nitrogens with zero attached hydrogens (tertiary/aromatic N) is 3. The molecule has 2 N–H and O–H groups in total. The van der Waals surface area contributed by atoms with Gasteiger partial charge in [0.25, 0.3) is 5.91 Å². The van der Waals surface area contributed by atoms with Crippen molar-refractivity contribution in [2.24, 2.45) is 0 Å². The van der Waals surface area contributed by atoms with E-state index >= 15 is 0 Å². The molecular formula is C38H34FN5O6S. The minimum Gasteiger partial charge on any atom is -0.491 e. The summed E-state index contributed by atoms with van der Waals surface area (Å²) in [5, 5.41) is 6.40. The number of benzene rings is 3. The first-order valence-corrected chi connectivity index (χ1v) is 17.7. The number of fused-ring (bicyclic) bond motifs is 2. The van der Waals surface area contributed by atoms with Crippen LogP contribution in [-0.4, -0.2) is 71.1 Å². The third-order valence-electron chi connectivity index (χ3n) is 9.07. The van der Waals surface area contributed by atoms with E-state index in [-0.39, 0.29) is 18.2 Å². The Balaban J connectivity index is 0.785. The second-order valence-corrected chi connectivity index (χ2v) is 13.7. The Morgan fingerprint density at radius 2 is 1.55 bits per heavy atom. The Morgan fingerprint density at radius 1 is 0.824 bits per heavy atom. The van der Waals surface area contributed by atoms with Crippen molar-refractivity contribution in [1.82, 2.24) is 20.2 Å². The number of rotatable bonds is 13. The van der Waals surface area contributed by atoms with Crippen LogP contribution in [0.1, 0.15) is 41.6 Å². The summed E-state index contributed by atoms with van der Waals surface area (Å²) >= 11 is 1.56. The van der Waals surface area contributed by atoms with E-state index in [1.807, 2.05) is 54.6 Å². The number of hydrogen-bond acceptors (Lipinski definition) is 10. The molecule has 13 heteroatoms. The SMILES string of the molecule is O=C1CCC(N2Cc3cc(OCCOCCOc4ccc5nc(-c6ccc(-c7ccc(NC8CC8)nc7F)cc6)sc5c4)ccc3C2=O)C(=O)N1. The molecule has 3 aromatic carbocycles. The smallest absolute Gasteiger partial charge is 0.255 e. The van der Waals surface area contributed by atoms with Gasteiger partial charge in [-0.15, -0.1) is 11.3 Å². The summed E-state index contributed by atoms with van der Waals surface area (Å²) in [6.07, 6.45) is 2.74. The van der Waals surface area contributed by atoms with Gasteiger partial charge in [-0.1, -0.05) is 24.3 Å². The van der Waals surface area contributed by atoms with Crippen LogP contribution in [0, 0.1) is 5.95 Å². The molecule has 4 heterocycles. The molecule has 0 radical (unpaired) electrons. The molecule has 1 unspecified atom stereocenters. The van der Waals surface area contributed by atoms with Gasteiger partial charge in [0.15, 0.2) is 0 Å². The van der Waals surface area contributed by atoms with E-state index in [0.717, 1.165) is 50.5 Å². The summed E-state index contributed by atoms with van der Waals surface area (Å²) in [4.78, 5) is 47.0. The molecule has 2 aromatic heterocycles. The Morgan fingerprint density at radius 3 is 2.29 bits per heavy atom. The molecule has 260 valence electrons. The number of aromatic nitrogens is 2. The number of amides is 3. The van der Waals surface area contributed by atoms with E-state index in [9.17, 15) is 18.8 Å². The molecule has 8 rings (SSSR count). The van der Waals surface area contributed by atoms with E-state index in [1.165, 1.54) is 4.90 Å². The topological polar surface area (TPSA) is 132 Å². The molecule has 2 aliphatic heterocycles. The van der Waals surface area contributed by atoms with Gasteiger partial charge in [0.1, 0.15) is 41.6 Å². The molecule has 5 aromatic rings. The Labute approximate surface area is 296 Å². The summed E-state index contributed by atoms with van der Waals surface area (Å²) in [5.74, 6) is 0.448. The summed E-state index contributed by atoms with van der Waals surface area (Å²) in [6.45, 7) is 1.69. The Bertz CT molecular complexity index is 2140. The molecule has 2 fully saturated rings. The fraction of sp³-hybridized carbons (Fsp3) is 0.289. The quantitative estimate of drug-likeness (QED) is 0.0863. The number of thiazole rings is 1. The van der Waals surface area contributed by atoms with Crippen molar-refractivity contribution in [3.8, 4) is 33.2 Å². The van der Waals surface area contributed by atoms with Gasteiger partial charge in [-0.3, -0.25) is 19.7 Å². The number of nitrogens with one attached hydrogen (secondary N) is 2. The fourth-order valence-electron chi connectivity index (χ4n) is 6.26. The van der Waals surface area contributed by atoms with E-state index in [2.05, 4.69) is 15.6 Å².